The predicted octanol–water partition coefficient (Wildman–Crippen LogP) is -0.780. The molecule has 0 fully saturated rings. The SMILES string of the molecule is CC(C)[C@@](O)(CC(=O)[O-])C[N+](C)(C)C. The minimum Gasteiger partial charge on any atom is -0.550 e. The second-order valence-electron chi connectivity index (χ2n) is 5.26. The molecule has 0 aromatic rings. The van der Waals surface area contributed by atoms with E-state index in [2.05, 4.69) is 0 Å². The van der Waals surface area contributed by atoms with E-state index in [0.29, 0.717) is 11.0 Å². The molecule has 0 saturated carbocycles. The maximum Gasteiger partial charge on any atom is 0.121 e. The first kappa shape index (κ1) is 13.4. The van der Waals surface area contributed by atoms with Crippen LogP contribution in [0.1, 0.15) is 20.3 Å². The number of carbonyl (C=O) groups is 1. The summed E-state index contributed by atoms with van der Waals surface area (Å²) in [6.45, 7) is 4.04. The van der Waals surface area contributed by atoms with Crippen LogP contribution in [-0.4, -0.2) is 48.8 Å². The number of rotatable bonds is 5. The fourth-order valence-electron chi connectivity index (χ4n) is 1.51. The summed E-state index contributed by atoms with van der Waals surface area (Å²) >= 11 is 0. The fourth-order valence-corrected chi connectivity index (χ4v) is 1.51. The molecule has 0 aliphatic carbocycles. The second kappa shape index (κ2) is 4.28. The molecular weight excluding hydrogens is 182 g/mol. The maximum atomic E-state index is 10.5. The largest absolute Gasteiger partial charge is 0.550 e. The van der Waals surface area contributed by atoms with Crippen LogP contribution in [0, 0.1) is 5.92 Å². The van der Waals surface area contributed by atoms with Crippen molar-refractivity contribution in [1.29, 1.82) is 0 Å². The molecule has 0 aliphatic heterocycles. The van der Waals surface area contributed by atoms with E-state index in [1.165, 1.54) is 0 Å². The smallest absolute Gasteiger partial charge is 0.121 e. The summed E-state index contributed by atoms with van der Waals surface area (Å²) in [5.74, 6) is -1.30. The van der Waals surface area contributed by atoms with Gasteiger partial charge in [-0.05, 0) is 5.92 Å². The zero-order valence-electron chi connectivity index (χ0n) is 9.70. The van der Waals surface area contributed by atoms with Crippen LogP contribution in [0.25, 0.3) is 0 Å². The monoisotopic (exact) mass is 203 g/mol. The van der Waals surface area contributed by atoms with Gasteiger partial charge in [0.15, 0.2) is 0 Å². The lowest BCUT2D eigenvalue weighted by Gasteiger charge is -2.38. The maximum absolute atomic E-state index is 10.5. The molecule has 1 N–H and O–H groups in total. The lowest BCUT2D eigenvalue weighted by Crippen LogP contribution is -2.54. The topological polar surface area (TPSA) is 60.4 Å². The molecule has 0 aromatic carbocycles. The average molecular weight is 203 g/mol. The first-order valence-corrected chi connectivity index (χ1v) is 4.79. The van der Waals surface area contributed by atoms with Gasteiger partial charge in [-0.2, -0.15) is 0 Å². The third-order valence-electron chi connectivity index (χ3n) is 2.27. The third-order valence-corrected chi connectivity index (χ3v) is 2.27. The summed E-state index contributed by atoms with van der Waals surface area (Å²) in [5.41, 5.74) is -1.18. The van der Waals surface area contributed by atoms with Crippen molar-refractivity contribution < 1.29 is 19.5 Å². The molecule has 0 heterocycles. The lowest BCUT2D eigenvalue weighted by molar-refractivity contribution is -0.877. The van der Waals surface area contributed by atoms with Gasteiger partial charge in [-0.15, -0.1) is 0 Å². The highest BCUT2D eigenvalue weighted by Crippen LogP contribution is 2.23. The van der Waals surface area contributed by atoms with Crippen molar-refractivity contribution in [3.05, 3.63) is 0 Å². The minimum absolute atomic E-state index is 0.0993. The number of hydrogen-bond acceptors (Lipinski definition) is 3. The van der Waals surface area contributed by atoms with E-state index in [9.17, 15) is 15.0 Å². The summed E-state index contributed by atoms with van der Waals surface area (Å²) < 4.78 is 0.530. The quantitative estimate of drug-likeness (QED) is 0.596. The van der Waals surface area contributed by atoms with Crippen molar-refractivity contribution in [2.75, 3.05) is 27.7 Å². The van der Waals surface area contributed by atoms with Gasteiger partial charge in [0.05, 0.1) is 21.1 Å². The summed E-state index contributed by atoms with van der Waals surface area (Å²) in [6.07, 6.45) is -0.305. The number of carboxylic acids is 1. The highest BCUT2D eigenvalue weighted by atomic mass is 16.4. The van der Waals surface area contributed by atoms with Crippen molar-refractivity contribution in [3.8, 4) is 0 Å². The van der Waals surface area contributed by atoms with Gasteiger partial charge >= 0.3 is 0 Å². The summed E-state index contributed by atoms with van der Waals surface area (Å²) in [4.78, 5) is 10.5. The molecule has 14 heavy (non-hydrogen) atoms. The standard InChI is InChI=1S/C10H21NO3/c1-8(2)10(14,6-9(12)13)7-11(3,4)5/h8,14H,6-7H2,1-5H3/t10-/m1/s1. The van der Waals surface area contributed by atoms with E-state index < -0.39 is 11.6 Å². The fraction of sp³-hybridized carbons (Fsp3) is 0.900. The Morgan fingerprint density at radius 3 is 2.07 bits per heavy atom. The Labute approximate surface area is 85.7 Å². The van der Waals surface area contributed by atoms with E-state index >= 15 is 0 Å². The number of nitrogens with zero attached hydrogens (tertiary/aromatic N) is 1. The van der Waals surface area contributed by atoms with Crippen molar-refractivity contribution in [1.82, 2.24) is 0 Å². The molecule has 0 radical (unpaired) electrons. The second-order valence-corrected chi connectivity index (χ2v) is 5.26. The van der Waals surface area contributed by atoms with Gasteiger partial charge in [0, 0.05) is 12.4 Å². The first-order valence-electron chi connectivity index (χ1n) is 4.79. The number of carbonyl (C=O) groups excluding carboxylic acids is 1. The van der Waals surface area contributed by atoms with Crippen LogP contribution in [0.2, 0.25) is 0 Å². The van der Waals surface area contributed by atoms with Gasteiger partial charge in [0.1, 0.15) is 12.1 Å². The van der Waals surface area contributed by atoms with Crippen LogP contribution >= 0.6 is 0 Å². The van der Waals surface area contributed by atoms with Gasteiger partial charge < -0.3 is 19.5 Å². The first-order chi connectivity index (χ1) is 6.07. The molecule has 0 rings (SSSR count). The summed E-state index contributed by atoms with van der Waals surface area (Å²) in [5, 5.41) is 20.7. The number of hydrogen-bond donors (Lipinski definition) is 1. The number of quaternary nitrogens is 1. The predicted molar refractivity (Wildman–Crippen MR) is 52.3 cm³/mol. The molecule has 0 unspecified atom stereocenters. The van der Waals surface area contributed by atoms with Crippen LogP contribution in [0.5, 0.6) is 0 Å². The van der Waals surface area contributed by atoms with Crippen molar-refractivity contribution >= 4 is 5.97 Å². The van der Waals surface area contributed by atoms with E-state index in [1.807, 2.05) is 35.0 Å². The Bertz CT molecular complexity index is 208. The van der Waals surface area contributed by atoms with Gasteiger partial charge in [0.2, 0.25) is 0 Å². The molecule has 84 valence electrons. The van der Waals surface area contributed by atoms with E-state index in [-0.39, 0.29) is 12.3 Å². The van der Waals surface area contributed by atoms with Crippen molar-refractivity contribution in [2.45, 2.75) is 25.9 Å². The highest BCUT2D eigenvalue weighted by Gasteiger charge is 2.36. The molecule has 0 amide bonds. The van der Waals surface area contributed by atoms with Crippen LogP contribution < -0.4 is 5.11 Å². The molecule has 4 nitrogen and oxygen atoms in total. The average Bonchev–Trinajstić information content (AvgIpc) is 1.79. The number of aliphatic carboxylic acids is 1. The Morgan fingerprint density at radius 2 is 1.86 bits per heavy atom. The van der Waals surface area contributed by atoms with Crippen LogP contribution in [0.4, 0.5) is 0 Å². The van der Waals surface area contributed by atoms with E-state index in [4.69, 9.17) is 0 Å². The summed E-state index contributed by atoms with van der Waals surface area (Å²) in [7, 11) is 5.76. The lowest BCUT2D eigenvalue weighted by atomic mass is 9.86. The highest BCUT2D eigenvalue weighted by molar-refractivity contribution is 5.65. The van der Waals surface area contributed by atoms with Crippen molar-refractivity contribution in [2.24, 2.45) is 5.92 Å². The number of carboxylic acid groups (broad SMARTS) is 1. The Hall–Kier alpha value is -0.610. The molecule has 0 aliphatic rings. The molecular formula is C10H21NO3. The van der Waals surface area contributed by atoms with E-state index in [1.54, 1.807) is 0 Å². The van der Waals surface area contributed by atoms with Crippen LogP contribution in [0.3, 0.4) is 0 Å². The summed E-state index contributed by atoms with van der Waals surface area (Å²) in [6, 6.07) is 0. The molecule has 0 saturated heterocycles. The third kappa shape index (κ3) is 4.58. The van der Waals surface area contributed by atoms with E-state index in [0.717, 1.165) is 0 Å². The Kier molecular flexibility index (Phi) is 4.09. The number of aliphatic hydroxyl groups is 1. The van der Waals surface area contributed by atoms with Crippen LogP contribution in [-0.2, 0) is 4.79 Å². The Morgan fingerprint density at radius 1 is 1.43 bits per heavy atom. The molecule has 0 aromatic heterocycles. The zero-order chi connectivity index (χ0) is 11.6. The van der Waals surface area contributed by atoms with Gasteiger partial charge in [0.25, 0.3) is 0 Å². The zero-order valence-corrected chi connectivity index (χ0v) is 9.70. The van der Waals surface area contributed by atoms with Gasteiger partial charge in [-0.3, -0.25) is 0 Å². The molecule has 0 spiro atoms. The van der Waals surface area contributed by atoms with Crippen LogP contribution in [0.15, 0.2) is 0 Å². The van der Waals surface area contributed by atoms with Crippen molar-refractivity contribution in [3.63, 3.8) is 0 Å². The molecule has 1 atom stereocenters. The number of likely N-dealkylation sites (N-methyl/N-ethyl adjacent to an activating group) is 1. The molecule has 0 bridgehead atoms. The molecule has 4 heteroatoms. The normalized spacial score (nSPS) is 16.8. The van der Waals surface area contributed by atoms with Gasteiger partial charge in [-0.25, -0.2) is 0 Å². The minimum atomic E-state index is -1.20. The Balaban J connectivity index is 4.64. The van der Waals surface area contributed by atoms with Gasteiger partial charge in [-0.1, -0.05) is 13.8 Å².